The third-order valence-electron chi connectivity index (χ3n) is 4.02. The summed E-state index contributed by atoms with van der Waals surface area (Å²) in [5.41, 5.74) is 1.39. The Balaban J connectivity index is 2.04. The lowest BCUT2D eigenvalue weighted by molar-refractivity contribution is -0.121. The molecule has 2 aromatic carbocycles. The number of rotatable bonds is 8. The van der Waals surface area contributed by atoms with Crippen LogP contribution < -0.4 is 14.4 Å². The molecule has 1 N–H and O–H groups in total. The quantitative estimate of drug-likeness (QED) is 0.726. The molecule has 2 rings (SSSR count). The van der Waals surface area contributed by atoms with Gasteiger partial charge in [-0.05, 0) is 49.2 Å². The molecule has 0 unspecified atom stereocenters. The second kappa shape index (κ2) is 9.10. The predicted octanol–water partition coefficient (Wildman–Crippen LogP) is 2.86. The van der Waals surface area contributed by atoms with Crippen LogP contribution in [0.5, 0.6) is 5.75 Å². The first-order valence-electron chi connectivity index (χ1n) is 8.38. The Kier molecular flexibility index (Phi) is 7.10. The van der Waals surface area contributed by atoms with Crippen LogP contribution in [0, 0.1) is 0 Å². The molecular weight excluding hydrogens is 388 g/mol. The van der Waals surface area contributed by atoms with E-state index in [4.69, 9.17) is 16.3 Å². The predicted molar refractivity (Wildman–Crippen MR) is 108 cm³/mol. The van der Waals surface area contributed by atoms with Gasteiger partial charge in [-0.3, -0.25) is 9.10 Å². The zero-order valence-corrected chi connectivity index (χ0v) is 17.0. The molecule has 0 spiro atoms. The van der Waals surface area contributed by atoms with Crippen LogP contribution >= 0.6 is 11.6 Å². The van der Waals surface area contributed by atoms with Crippen LogP contribution in [0.15, 0.2) is 48.5 Å². The van der Waals surface area contributed by atoms with Crippen LogP contribution in [0.3, 0.4) is 0 Å². The lowest BCUT2D eigenvalue weighted by atomic mass is 10.1. The van der Waals surface area contributed by atoms with E-state index < -0.39 is 16.1 Å². The average Bonchev–Trinajstić information content (AvgIpc) is 2.61. The van der Waals surface area contributed by atoms with Crippen molar-refractivity contribution in [3.8, 4) is 5.75 Å². The average molecular weight is 411 g/mol. The minimum Gasteiger partial charge on any atom is -0.497 e. The maximum Gasteiger partial charge on any atom is 0.243 e. The van der Waals surface area contributed by atoms with Gasteiger partial charge in [0.25, 0.3) is 0 Å². The second-order valence-corrected chi connectivity index (χ2v) is 8.40. The molecule has 0 aliphatic heterocycles. The van der Waals surface area contributed by atoms with Crippen molar-refractivity contribution in [1.29, 1.82) is 0 Å². The highest BCUT2D eigenvalue weighted by molar-refractivity contribution is 7.92. The van der Waals surface area contributed by atoms with E-state index in [9.17, 15) is 13.2 Å². The summed E-state index contributed by atoms with van der Waals surface area (Å²) in [6.07, 6.45) is 1.69. The molecule has 1 atom stereocenters. The number of halogens is 1. The van der Waals surface area contributed by atoms with Crippen LogP contribution in [-0.4, -0.2) is 40.3 Å². The number of hydrogen-bond donors (Lipinski definition) is 1. The Morgan fingerprint density at radius 1 is 1.22 bits per heavy atom. The van der Waals surface area contributed by atoms with Crippen LogP contribution in [0.2, 0.25) is 5.02 Å². The van der Waals surface area contributed by atoms with Gasteiger partial charge in [-0.15, -0.1) is 0 Å². The standard InChI is InChI=1S/C19H23ClN2O4S/c1-14(22(27(3,24)25)17-6-4-5-16(20)13-17)19(23)21-12-11-15-7-9-18(26-2)10-8-15/h4-10,13-14H,11-12H2,1-3H3,(H,21,23)/t14-/m0/s1. The van der Waals surface area contributed by atoms with Gasteiger partial charge in [0.1, 0.15) is 11.8 Å². The maximum atomic E-state index is 12.5. The molecule has 27 heavy (non-hydrogen) atoms. The van der Waals surface area contributed by atoms with Crippen molar-refractivity contribution in [1.82, 2.24) is 5.32 Å². The molecule has 0 fully saturated rings. The third kappa shape index (κ3) is 5.87. The first-order chi connectivity index (χ1) is 12.7. The second-order valence-electron chi connectivity index (χ2n) is 6.10. The molecule has 6 nitrogen and oxygen atoms in total. The smallest absolute Gasteiger partial charge is 0.243 e. The lowest BCUT2D eigenvalue weighted by Crippen LogP contribution is -2.48. The Labute approximate surface area is 165 Å². The van der Waals surface area contributed by atoms with E-state index in [1.807, 2.05) is 24.3 Å². The summed E-state index contributed by atoms with van der Waals surface area (Å²) in [5.74, 6) is 0.385. The van der Waals surface area contributed by atoms with E-state index in [0.717, 1.165) is 21.9 Å². The highest BCUT2D eigenvalue weighted by atomic mass is 35.5. The van der Waals surface area contributed by atoms with Crippen LogP contribution in [0.4, 0.5) is 5.69 Å². The number of anilines is 1. The third-order valence-corrected chi connectivity index (χ3v) is 5.50. The van der Waals surface area contributed by atoms with E-state index in [-0.39, 0.29) is 5.91 Å². The Morgan fingerprint density at radius 3 is 2.44 bits per heavy atom. The largest absolute Gasteiger partial charge is 0.497 e. The summed E-state index contributed by atoms with van der Waals surface area (Å²) in [7, 11) is -2.06. The fourth-order valence-electron chi connectivity index (χ4n) is 2.69. The van der Waals surface area contributed by atoms with Crippen molar-refractivity contribution < 1.29 is 17.9 Å². The van der Waals surface area contributed by atoms with Gasteiger partial charge in [0, 0.05) is 11.6 Å². The van der Waals surface area contributed by atoms with Gasteiger partial charge >= 0.3 is 0 Å². The van der Waals surface area contributed by atoms with E-state index in [1.165, 1.54) is 6.07 Å². The maximum absolute atomic E-state index is 12.5. The lowest BCUT2D eigenvalue weighted by Gasteiger charge is -2.28. The molecule has 1 amide bonds. The Morgan fingerprint density at radius 2 is 1.89 bits per heavy atom. The van der Waals surface area contributed by atoms with E-state index >= 15 is 0 Å². The molecule has 0 radical (unpaired) electrons. The zero-order chi connectivity index (χ0) is 20.0. The summed E-state index contributed by atoms with van der Waals surface area (Å²) in [6.45, 7) is 1.94. The van der Waals surface area contributed by atoms with E-state index in [0.29, 0.717) is 23.7 Å². The molecule has 0 saturated carbocycles. The number of methoxy groups -OCH3 is 1. The molecule has 8 heteroatoms. The summed E-state index contributed by atoms with van der Waals surface area (Å²) >= 11 is 5.97. The van der Waals surface area contributed by atoms with E-state index in [1.54, 1.807) is 32.2 Å². The van der Waals surface area contributed by atoms with Crippen molar-refractivity contribution >= 4 is 33.2 Å². The van der Waals surface area contributed by atoms with Crippen molar-refractivity contribution in [3.63, 3.8) is 0 Å². The number of ether oxygens (including phenoxy) is 1. The number of nitrogens with one attached hydrogen (secondary N) is 1. The van der Waals surface area contributed by atoms with Crippen molar-refractivity contribution in [3.05, 3.63) is 59.1 Å². The molecule has 0 bridgehead atoms. The minimum absolute atomic E-state index is 0.350. The van der Waals surface area contributed by atoms with Gasteiger partial charge in [-0.25, -0.2) is 8.42 Å². The number of sulfonamides is 1. The van der Waals surface area contributed by atoms with E-state index in [2.05, 4.69) is 5.32 Å². The highest BCUT2D eigenvalue weighted by Gasteiger charge is 2.29. The van der Waals surface area contributed by atoms with Crippen LogP contribution in [0.25, 0.3) is 0 Å². The molecule has 0 aromatic heterocycles. The molecule has 0 saturated heterocycles. The topological polar surface area (TPSA) is 75.7 Å². The molecule has 146 valence electrons. The Bertz CT molecular complexity index is 885. The molecule has 0 aliphatic carbocycles. The number of amides is 1. The normalized spacial score (nSPS) is 12.3. The molecule has 0 heterocycles. The van der Waals surface area contributed by atoms with Crippen molar-refractivity contribution in [2.45, 2.75) is 19.4 Å². The zero-order valence-electron chi connectivity index (χ0n) is 15.5. The van der Waals surface area contributed by atoms with Crippen LogP contribution in [0.1, 0.15) is 12.5 Å². The van der Waals surface area contributed by atoms with Gasteiger partial charge in [0.05, 0.1) is 19.1 Å². The summed E-state index contributed by atoms with van der Waals surface area (Å²) in [6, 6.07) is 13.0. The minimum atomic E-state index is -3.66. The summed E-state index contributed by atoms with van der Waals surface area (Å²) in [4.78, 5) is 12.5. The highest BCUT2D eigenvalue weighted by Crippen LogP contribution is 2.24. The number of nitrogens with zero attached hydrogens (tertiary/aromatic N) is 1. The van der Waals surface area contributed by atoms with Gasteiger partial charge < -0.3 is 10.1 Å². The number of carbonyl (C=O) groups is 1. The van der Waals surface area contributed by atoms with Gasteiger partial charge in [0.2, 0.25) is 15.9 Å². The summed E-state index contributed by atoms with van der Waals surface area (Å²) in [5, 5.41) is 3.18. The monoisotopic (exact) mass is 410 g/mol. The molecule has 2 aromatic rings. The molecular formula is C19H23ClN2O4S. The summed E-state index contributed by atoms with van der Waals surface area (Å²) < 4.78 is 30.7. The van der Waals surface area contributed by atoms with Gasteiger partial charge in [0.15, 0.2) is 0 Å². The Hall–Kier alpha value is -2.25. The van der Waals surface area contributed by atoms with Crippen molar-refractivity contribution in [2.24, 2.45) is 0 Å². The van der Waals surface area contributed by atoms with Gasteiger partial charge in [-0.2, -0.15) is 0 Å². The fraction of sp³-hybridized carbons (Fsp3) is 0.316. The van der Waals surface area contributed by atoms with Gasteiger partial charge in [-0.1, -0.05) is 29.8 Å². The first-order valence-corrected chi connectivity index (χ1v) is 10.6. The first kappa shape index (κ1) is 21.1. The van der Waals surface area contributed by atoms with Crippen molar-refractivity contribution in [2.75, 3.05) is 24.2 Å². The number of carbonyl (C=O) groups excluding carboxylic acids is 1. The number of benzene rings is 2. The fourth-order valence-corrected chi connectivity index (χ4v) is 4.04. The number of hydrogen-bond acceptors (Lipinski definition) is 4. The molecule has 0 aliphatic rings. The SMILES string of the molecule is COc1ccc(CCNC(=O)[C@H](C)N(c2cccc(Cl)c2)S(C)(=O)=O)cc1. The van der Waals surface area contributed by atoms with Crippen LogP contribution in [-0.2, 0) is 21.2 Å².